The van der Waals surface area contributed by atoms with Gasteiger partial charge in [0.25, 0.3) is 0 Å². The quantitative estimate of drug-likeness (QED) is 0.618. The largest absolute Gasteiger partial charge is 0.497 e. The minimum absolute atomic E-state index is 0.180. The first-order chi connectivity index (χ1) is 8.24. The summed E-state index contributed by atoms with van der Waals surface area (Å²) < 4.78 is 10.4. The number of carbonyl (C=O) groups is 1. The first-order valence-corrected chi connectivity index (χ1v) is 5.61. The van der Waals surface area contributed by atoms with E-state index in [9.17, 15) is 4.79 Å². The van der Waals surface area contributed by atoms with Gasteiger partial charge in [0.05, 0.1) is 13.0 Å². The summed E-state index contributed by atoms with van der Waals surface area (Å²) in [5.74, 6) is 1.58. The van der Waals surface area contributed by atoms with Crippen LogP contribution in [-0.4, -0.2) is 12.9 Å². The molecule has 0 fully saturated rings. The topological polar surface area (TPSA) is 39.4 Å². The standard InChI is InChI=1S/C13H11ClO3/c1-16-10-4-2-3-9(7-10)13(15)12-6-5-11(8-14)17-12/h2-7H,8H2,1H3. The van der Waals surface area contributed by atoms with Gasteiger partial charge in [0.1, 0.15) is 11.5 Å². The third-order valence-corrected chi connectivity index (χ3v) is 2.61. The highest BCUT2D eigenvalue weighted by Crippen LogP contribution is 2.18. The van der Waals surface area contributed by atoms with Crippen LogP contribution in [0.25, 0.3) is 0 Å². The Hall–Kier alpha value is -1.74. The number of ketones is 1. The molecule has 4 heteroatoms. The normalized spacial score (nSPS) is 10.2. The van der Waals surface area contributed by atoms with Crippen molar-refractivity contribution in [2.24, 2.45) is 0 Å². The molecule has 2 aromatic rings. The Labute approximate surface area is 104 Å². The Morgan fingerprint density at radius 1 is 1.35 bits per heavy atom. The van der Waals surface area contributed by atoms with E-state index in [1.807, 2.05) is 0 Å². The number of furan rings is 1. The summed E-state index contributed by atoms with van der Waals surface area (Å²) in [5, 5.41) is 0. The number of hydrogen-bond donors (Lipinski definition) is 0. The molecule has 1 aromatic carbocycles. The number of methoxy groups -OCH3 is 1. The van der Waals surface area contributed by atoms with Crippen molar-refractivity contribution in [3.05, 3.63) is 53.5 Å². The van der Waals surface area contributed by atoms with Crippen LogP contribution in [0.3, 0.4) is 0 Å². The molecule has 0 aliphatic heterocycles. The molecule has 3 nitrogen and oxygen atoms in total. The van der Waals surface area contributed by atoms with E-state index in [4.69, 9.17) is 20.8 Å². The van der Waals surface area contributed by atoms with Crippen molar-refractivity contribution in [1.82, 2.24) is 0 Å². The molecule has 0 amide bonds. The van der Waals surface area contributed by atoms with Crippen LogP contribution >= 0.6 is 11.6 Å². The van der Waals surface area contributed by atoms with E-state index in [0.717, 1.165) is 0 Å². The highest BCUT2D eigenvalue weighted by atomic mass is 35.5. The third kappa shape index (κ3) is 2.50. The fourth-order valence-corrected chi connectivity index (χ4v) is 1.62. The van der Waals surface area contributed by atoms with Crippen LogP contribution in [0.15, 0.2) is 40.8 Å². The summed E-state index contributed by atoms with van der Waals surface area (Å²) >= 11 is 5.61. The van der Waals surface area contributed by atoms with Crippen LogP contribution in [-0.2, 0) is 5.88 Å². The molecule has 1 aromatic heterocycles. The Morgan fingerprint density at radius 2 is 2.18 bits per heavy atom. The molecule has 0 saturated heterocycles. The number of halogens is 1. The average molecular weight is 251 g/mol. The zero-order valence-corrected chi connectivity index (χ0v) is 10.0. The van der Waals surface area contributed by atoms with Crippen LogP contribution in [0.5, 0.6) is 5.75 Å². The summed E-state index contributed by atoms with van der Waals surface area (Å²) in [6, 6.07) is 10.2. The molecule has 0 aliphatic rings. The van der Waals surface area contributed by atoms with Crippen molar-refractivity contribution >= 4 is 17.4 Å². The Bertz CT molecular complexity index is 531. The summed E-state index contributed by atoms with van der Waals surface area (Å²) in [7, 11) is 1.56. The predicted octanol–water partition coefficient (Wildman–Crippen LogP) is 3.26. The molecule has 1 heterocycles. The Morgan fingerprint density at radius 3 is 2.82 bits per heavy atom. The number of ether oxygens (including phenoxy) is 1. The van der Waals surface area contributed by atoms with Gasteiger partial charge in [-0.2, -0.15) is 0 Å². The minimum atomic E-state index is -0.180. The number of carbonyl (C=O) groups excluding carboxylic acids is 1. The molecule has 0 unspecified atom stereocenters. The number of hydrogen-bond acceptors (Lipinski definition) is 3. The molecule has 2 rings (SSSR count). The summed E-state index contributed by atoms with van der Waals surface area (Å²) in [6.07, 6.45) is 0. The third-order valence-electron chi connectivity index (χ3n) is 2.35. The van der Waals surface area contributed by atoms with Crippen molar-refractivity contribution in [3.63, 3.8) is 0 Å². The minimum Gasteiger partial charge on any atom is -0.497 e. The van der Waals surface area contributed by atoms with Crippen LogP contribution in [0.4, 0.5) is 0 Å². The fourth-order valence-electron chi connectivity index (χ4n) is 1.48. The molecule has 0 N–H and O–H groups in total. The first kappa shape index (κ1) is 11.7. The fraction of sp³-hybridized carbons (Fsp3) is 0.154. The van der Waals surface area contributed by atoms with Gasteiger partial charge in [0.15, 0.2) is 5.76 Å². The number of rotatable bonds is 4. The summed E-state index contributed by atoms with van der Waals surface area (Å²) in [5.41, 5.74) is 0.528. The highest BCUT2D eigenvalue weighted by Gasteiger charge is 2.13. The van der Waals surface area contributed by atoms with Crippen molar-refractivity contribution < 1.29 is 13.9 Å². The SMILES string of the molecule is COc1cccc(C(=O)c2ccc(CCl)o2)c1. The van der Waals surface area contributed by atoms with E-state index in [-0.39, 0.29) is 17.4 Å². The molecule has 17 heavy (non-hydrogen) atoms. The van der Waals surface area contributed by atoms with E-state index in [1.165, 1.54) is 0 Å². The lowest BCUT2D eigenvalue weighted by Gasteiger charge is -2.01. The monoisotopic (exact) mass is 250 g/mol. The maximum absolute atomic E-state index is 12.1. The second-order valence-electron chi connectivity index (χ2n) is 3.46. The highest BCUT2D eigenvalue weighted by molar-refractivity contribution is 6.16. The van der Waals surface area contributed by atoms with E-state index < -0.39 is 0 Å². The molecule has 0 spiro atoms. The van der Waals surface area contributed by atoms with E-state index in [0.29, 0.717) is 17.1 Å². The maximum Gasteiger partial charge on any atom is 0.228 e. The Balaban J connectivity index is 2.29. The number of alkyl halides is 1. The second-order valence-corrected chi connectivity index (χ2v) is 3.73. The zero-order valence-electron chi connectivity index (χ0n) is 9.27. The van der Waals surface area contributed by atoms with Crippen LogP contribution in [0.1, 0.15) is 21.9 Å². The lowest BCUT2D eigenvalue weighted by Crippen LogP contribution is -1.99. The van der Waals surface area contributed by atoms with Gasteiger partial charge in [-0.1, -0.05) is 12.1 Å². The van der Waals surface area contributed by atoms with Gasteiger partial charge in [-0.3, -0.25) is 4.79 Å². The van der Waals surface area contributed by atoms with Crippen molar-refractivity contribution in [1.29, 1.82) is 0 Å². The lowest BCUT2D eigenvalue weighted by atomic mass is 10.1. The second kappa shape index (κ2) is 5.06. The van der Waals surface area contributed by atoms with E-state index in [2.05, 4.69) is 0 Å². The van der Waals surface area contributed by atoms with Gasteiger partial charge in [-0.05, 0) is 24.3 Å². The summed E-state index contributed by atoms with van der Waals surface area (Å²) in [4.78, 5) is 12.1. The van der Waals surface area contributed by atoms with Crippen molar-refractivity contribution in [2.75, 3.05) is 7.11 Å². The van der Waals surface area contributed by atoms with Gasteiger partial charge in [-0.25, -0.2) is 0 Å². The van der Waals surface area contributed by atoms with Crippen molar-refractivity contribution in [2.45, 2.75) is 5.88 Å². The van der Waals surface area contributed by atoms with Gasteiger partial charge in [0, 0.05) is 5.56 Å². The lowest BCUT2D eigenvalue weighted by molar-refractivity contribution is 0.101. The van der Waals surface area contributed by atoms with E-state index in [1.54, 1.807) is 43.5 Å². The molecule has 0 radical (unpaired) electrons. The van der Waals surface area contributed by atoms with Crippen molar-refractivity contribution in [3.8, 4) is 5.75 Å². The maximum atomic E-state index is 12.1. The zero-order chi connectivity index (χ0) is 12.3. The van der Waals surface area contributed by atoms with Crippen LogP contribution in [0, 0.1) is 0 Å². The predicted molar refractivity (Wildman–Crippen MR) is 64.7 cm³/mol. The molecule has 0 saturated carbocycles. The van der Waals surface area contributed by atoms with Gasteiger partial charge >= 0.3 is 0 Å². The van der Waals surface area contributed by atoms with Gasteiger partial charge < -0.3 is 9.15 Å². The molecular formula is C13H11ClO3. The van der Waals surface area contributed by atoms with Crippen LogP contribution in [0.2, 0.25) is 0 Å². The molecule has 88 valence electrons. The molecule has 0 atom stereocenters. The Kier molecular flexibility index (Phi) is 3.49. The average Bonchev–Trinajstić information content (AvgIpc) is 2.86. The molecule has 0 aliphatic carbocycles. The van der Waals surface area contributed by atoms with Crippen LogP contribution < -0.4 is 4.74 Å². The number of benzene rings is 1. The molecular weight excluding hydrogens is 240 g/mol. The van der Waals surface area contributed by atoms with Gasteiger partial charge in [-0.15, -0.1) is 11.6 Å². The smallest absolute Gasteiger partial charge is 0.228 e. The van der Waals surface area contributed by atoms with Gasteiger partial charge in [0.2, 0.25) is 5.78 Å². The molecule has 0 bridgehead atoms. The first-order valence-electron chi connectivity index (χ1n) is 5.08. The summed E-state index contributed by atoms with van der Waals surface area (Å²) in [6.45, 7) is 0. The van der Waals surface area contributed by atoms with E-state index >= 15 is 0 Å².